The summed E-state index contributed by atoms with van der Waals surface area (Å²) in [6.07, 6.45) is 3.75. The second-order valence-electron chi connectivity index (χ2n) is 5.22. The third kappa shape index (κ3) is 2.01. The lowest BCUT2D eigenvalue weighted by Crippen LogP contribution is -1.98. The SMILES string of the molecule is COc1ccc(N=C2C(C)=C3CCCC3=C2C)cc1. The lowest BCUT2D eigenvalue weighted by atomic mass is 10.1. The number of hydrogen-bond donors (Lipinski definition) is 0. The maximum Gasteiger partial charge on any atom is 0.119 e. The van der Waals surface area contributed by atoms with Gasteiger partial charge in [0.2, 0.25) is 0 Å². The van der Waals surface area contributed by atoms with Gasteiger partial charge in [-0.15, -0.1) is 0 Å². The maximum atomic E-state index is 5.17. The number of nitrogens with zero attached hydrogens (tertiary/aromatic N) is 1. The Morgan fingerprint density at radius 3 is 2.05 bits per heavy atom. The summed E-state index contributed by atoms with van der Waals surface area (Å²) in [5.41, 5.74) is 8.02. The van der Waals surface area contributed by atoms with Gasteiger partial charge in [-0.3, -0.25) is 0 Å². The average molecular weight is 253 g/mol. The zero-order valence-corrected chi connectivity index (χ0v) is 11.8. The molecule has 98 valence electrons. The van der Waals surface area contributed by atoms with E-state index in [2.05, 4.69) is 13.8 Å². The van der Waals surface area contributed by atoms with Crippen molar-refractivity contribution in [1.29, 1.82) is 0 Å². The Kier molecular flexibility index (Phi) is 3.02. The molecule has 0 spiro atoms. The molecule has 19 heavy (non-hydrogen) atoms. The van der Waals surface area contributed by atoms with Crippen LogP contribution in [0.15, 0.2) is 51.6 Å². The van der Waals surface area contributed by atoms with Gasteiger partial charge in [0, 0.05) is 0 Å². The molecule has 0 radical (unpaired) electrons. The van der Waals surface area contributed by atoms with Crippen molar-refractivity contribution in [2.24, 2.45) is 4.99 Å². The molecule has 2 heteroatoms. The van der Waals surface area contributed by atoms with Crippen molar-refractivity contribution in [2.45, 2.75) is 33.1 Å². The zero-order valence-electron chi connectivity index (χ0n) is 11.8. The van der Waals surface area contributed by atoms with Crippen LogP contribution < -0.4 is 4.74 Å². The summed E-state index contributed by atoms with van der Waals surface area (Å²) in [5, 5.41) is 0. The van der Waals surface area contributed by atoms with E-state index in [1.807, 2.05) is 24.3 Å². The van der Waals surface area contributed by atoms with Gasteiger partial charge in [-0.1, -0.05) is 0 Å². The minimum Gasteiger partial charge on any atom is -0.497 e. The van der Waals surface area contributed by atoms with Gasteiger partial charge in [0.05, 0.1) is 18.5 Å². The molecule has 0 bridgehead atoms. The van der Waals surface area contributed by atoms with Crippen LogP contribution >= 0.6 is 0 Å². The highest BCUT2D eigenvalue weighted by atomic mass is 16.5. The quantitative estimate of drug-likeness (QED) is 0.755. The number of fused-ring (bicyclic) bond motifs is 1. The minimum atomic E-state index is 0.873. The highest BCUT2D eigenvalue weighted by molar-refractivity contribution is 6.17. The first kappa shape index (κ1) is 12.2. The molecule has 1 aromatic carbocycles. The van der Waals surface area contributed by atoms with Gasteiger partial charge in [0.1, 0.15) is 5.75 Å². The molecule has 0 unspecified atom stereocenters. The average Bonchev–Trinajstić information content (AvgIpc) is 3.00. The molecular formula is C17H19NO. The number of hydrogen-bond acceptors (Lipinski definition) is 2. The van der Waals surface area contributed by atoms with E-state index in [9.17, 15) is 0 Å². The predicted molar refractivity (Wildman–Crippen MR) is 79.3 cm³/mol. The van der Waals surface area contributed by atoms with Crippen molar-refractivity contribution in [3.63, 3.8) is 0 Å². The lowest BCUT2D eigenvalue weighted by molar-refractivity contribution is 0.415. The Labute approximate surface area is 114 Å². The van der Waals surface area contributed by atoms with Crippen molar-refractivity contribution >= 4 is 11.4 Å². The number of allylic oxidation sites excluding steroid dienone is 4. The summed E-state index contributed by atoms with van der Waals surface area (Å²) in [6.45, 7) is 4.42. The number of aliphatic imine (C=N–C) groups is 1. The number of benzene rings is 1. The molecule has 2 aliphatic carbocycles. The fraction of sp³-hybridized carbons (Fsp3) is 0.353. The van der Waals surface area contributed by atoms with Crippen LogP contribution in [0.2, 0.25) is 0 Å². The van der Waals surface area contributed by atoms with Gasteiger partial charge in [-0.25, -0.2) is 4.99 Å². The molecule has 0 N–H and O–H groups in total. The van der Waals surface area contributed by atoms with Gasteiger partial charge >= 0.3 is 0 Å². The van der Waals surface area contributed by atoms with Gasteiger partial charge in [-0.05, 0) is 79.7 Å². The second-order valence-corrected chi connectivity index (χ2v) is 5.22. The highest BCUT2D eigenvalue weighted by Crippen LogP contribution is 2.42. The Hall–Kier alpha value is -1.83. The second kappa shape index (κ2) is 4.69. The van der Waals surface area contributed by atoms with Gasteiger partial charge in [0.15, 0.2) is 0 Å². The molecule has 1 saturated carbocycles. The van der Waals surface area contributed by atoms with Crippen molar-refractivity contribution in [3.05, 3.63) is 46.6 Å². The molecule has 0 heterocycles. The molecule has 2 aliphatic rings. The maximum absolute atomic E-state index is 5.17. The molecule has 0 atom stereocenters. The summed E-state index contributed by atoms with van der Waals surface area (Å²) < 4.78 is 5.17. The normalized spacial score (nSPS) is 18.2. The Balaban J connectivity index is 1.98. The minimum absolute atomic E-state index is 0.873. The first-order valence-electron chi connectivity index (χ1n) is 6.84. The standard InChI is InChI=1S/C17H19NO/c1-11-15-5-4-6-16(15)12(2)17(11)18-13-7-9-14(19-3)10-8-13/h7-10H,4-6H2,1-3H3. The van der Waals surface area contributed by atoms with E-state index >= 15 is 0 Å². The van der Waals surface area contributed by atoms with E-state index < -0.39 is 0 Å². The van der Waals surface area contributed by atoms with Crippen LogP contribution in [-0.2, 0) is 0 Å². The predicted octanol–water partition coefficient (Wildman–Crippen LogP) is 4.60. The summed E-state index contributed by atoms with van der Waals surface area (Å²) in [4.78, 5) is 4.82. The van der Waals surface area contributed by atoms with Crippen molar-refractivity contribution in [2.75, 3.05) is 7.11 Å². The summed E-state index contributed by atoms with van der Waals surface area (Å²) in [6, 6.07) is 7.94. The molecule has 1 fully saturated rings. The number of methoxy groups -OCH3 is 1. The third-order valence-electron chi connectivity index (χ3n) is 4.15. The molecule has 1 aromatic rings. The van der Waals surface area contributed by atoms with E-state index in [4.69, 9.17) is 9.73 Å². The van der Waals surface area contributed by atoms with Gasteiger partial charge in [-0.2, -0.15) is 0 Å². The first-order chi connectivity index (χ1) is 9.20. The fourth-order valence-electron chi connectivity index (χ4n) is 3.09. The van der Waals surface area contributed by atoms with Crippen LogP contribution in [0, 0.1) is 0 Å². The van der Waals surface area contributed by atoms with Crippen molar-refractivity contribution in [3.8, 4) is 5.75 Å². The fourth-order valence-corrected chi connectivity index (χ4v) is 3.09. The van der Waals surface area contributed by atoms with Crippen LogP contribution in [0.5, 0.6) is 5.75 Å². The summed E-state index contributed by atoms with van der Waals surface area (Å²) in [5.74, 6) is 0.873. The Morgan fingerprint density at radius 2 is 1.53 bits per heavy atom. The van der Waals surface area contributed by atoms with Crippen LogP contribution in [0.4, 0.5) is 5.69 Å². The number of ether oxygens (including phenoxy) is 1. The molecule has 0 aromatic heterocycles. The van der Waals surface area contributed by atoms with Crippen LogP contribution in [-0.4, -0.2) is 12.8 Å². The van der Waals surface area contributed by atoms with Gasteiger partial charge in [0.25, 0.3) is 0 Å². The molecule has 0 amide bonds. The molecule has 0 aliphatic heterocycles. The Morgan fingerprint density at radius 1 is 0.947 bits per heavy atom. The van der Waals surface area contributed by atoms with Crippen molar-refractivity contribution in [1.82, 2.24) is 0 Å². The first-order valence-corrected chi connectivity index (χ1v) is 6.84. The molecular weight excluding hydrogens is 234 g/mol. The van der Waals surface area contributed by atoms with E-state index in [0.717, 1.165) is 11.4 Å². The van der Waals surface area contributed by atoms with Crippen LogP contribution in [0.25, 0.3) is 0 Å². The Bertz CT molecular complexity index is 575. The monoisotopic (exact) mass is 253 g/mol. The van der Waals surface area contributed by atoms with Crippen molar-refractivity contribution < 1.29 is 4.74 Å². The highest BCUT2D eigenvalue weighted by Gasteiger charge is 2.28. The molecule has 0 saturated heterocycles. The smallest absolute Gasteiger partial charge is 0.119 e. The molecule has 3 rings (SSSR count). The zero-order chi connectivity index (χ0) is 13.4. The number of rotatable bonds is 2. The summed E-state index contributed by atoms with van der Waals surface area (Å²) in [7, 11) is 1.68. The van der Waals surface area contributed by atoms with E-state index in [1.165, 1.54) is 36.1 Å². The molecule has 2 nitrogen and oxygen atoms in total. The lowest BCUT2D eigenvalue weighted by Gasteiger charge is -2.05. The summed E-state index contributed by atoms with van der Waals surface area (Å²) >= 11 is 0. The van der Waals surface area contributed by atoms with E-state index in [0.29, 0.717) is 0 Å². The van der Waals surface area contributed by atoms with Crippen LogP contribution in [0.3, 0.4) is 0 Å². The van der Waals surface area contributed by atoms with E-state index in [-0.39, 0.29) is 0 Å². The van der Waals surface area contributed by atoms with E-state index in [1.54, 1.807) is 18.3 Å². The topological polar surface area (TPSA) is 21.6 Å². The largest absolute Gasteiger partial charge is 0.497 e. The van der Waals surface area contributed by atoms with Crippen LogP contribution in [0.1, 0.15) is 33.1 Å². The third-order valence-corrected chi connectivity index (χ3v) is 4.15. The van der Waals surface area contributed by atoms with Gasteiger partial charge < -0.3 is 4.74 Å².